The molecule has 1 atom stereocenters. The van der Waals surface area contributed by atoms with Crippen LogP contribution in [-0.4, -0.2) is 44.3 Å². The first kappa shape index (κ1) is 24.9. The molecule has 0 bridgehead atoms. The molecule has 1 unspecified atom stereocenters. The summed E-state index contributed by atoms with van der Waals surface area (Å²) in [4.78, 5) is 12.7. The molecule has 1 fully saturated rings. The van der Waals surface area contributed by atoms with Crippen molar-refractivity contribution in [2.24, 2.45) is 11.7 Å². The Hall–Kier alpha value is -1.15. The fourth-order valence-electron chi connectivity index (χ4n) is 3.66. The summed E-state index contributed by atoms with van der Waals surface area (Å²) in [6.45, 7) is 4.50. The Morgan fingerprint density at radius 2 is 1.89 bits per heavy atom. The quantitative estimate of drug-likeness (QED) is 0.661. The molecule has 0 aliphatic heterocycles. The van der Waals surface area contributed by atoms with Crippen LogP contribution in [0, 0.1) is 5.92 Å². The smallest absolute Gasteiger partial charge is 0.251 e. The predicted octanol–water partition coefficient (Wildman–Crippen LogP) is 3.16. The normalized spacial score (nSPS) is 16.6. The monoisotopic (exact) mass is 431 g/mol. The third-order valence-corrected chi connectivity index (χ3v) is 7.14. The molecule has 1 amide bonds. The van der Waals surface area contributed by atoms with Gasteiger partial charge in [0.05, 0.1) is 4.90 Å². The molecule has 1 aliphatic carbocycles. The average Bonchev–Trinajstić information content (AvgIpc) is 2.67. The zero-order valence-corrected chi connectivity index (χ0v) is 18.7. The number of sulfonamides is 1. The van der Waals surface area contributed by atoms with E-state index in [9.17, 15) is 13.2 Å². The SMILES string of the molecule is CC(C)CC(CN)NC(=O)c1cccc(S(=O)(=O)N(C)C2CCCCC2)c1.Cl. The Morgan fingerprint density at radius 3 is 2.46 bits per heavy atom. The maximum absolute atomic E-state index is 13.0. The number of benzene rings is 1. The van der Waals surface area contributed by atoms with E-state index in [2.05, 4.69) is 19.2 Å². The zero-order chi connectivity index (χ0) is 20.0. The lowest BCUT2D eigenvalue weighted by molar-refractivity contribution is 0.0933. The van der Waals surface area contributed by atoms with Crippen molar-refractivity contribution in [3.8, 4) is 0 Å². The molecule has 28 heavy (non-hydrogen) atoms. The van der Waals surface area contributed by atoms with Gasteiger partial charge < -0.3 is 11.1 Å². The molecule has 0 spiro atoms. The number of nitrogens with two attached hydrogens (primary N) is 1. The number of carbonyl (C=O) groups is 1. The van der Waals surface area contributed by atoms with Gasteiger partial charge in [-0.25, -0.2) is 8.42 Å². The summed E-state index contributed by atoms with van der Waals surface area (Å²) in [5.74, 6) is 0.123. The van der Waals surface area contributed by atoms with E-state index in [0.717, 1.165) is 32.1 Å². The van der Waals surface area contributed by atoms with Crippen LogP contribution in [0.4, 0.5) is 0 Å². The molecule has 3 N–H and O–H groups in total. The van der Waals surface area contributed by atoms with Gasteiger partial charge in [0, 0.05) is 31.2 Å². The van der Waals surface area contributed by atoms with Crippen LogP contribution in [0.25, 0.3) is 0 Å². The lowest BCUT2D eigenvalue weighted by atomic mass is 9.96. The van der Waals surface area contributed by atoms with Crippen LogP contribution in [0.3, 0.4) is 0 Å². The zero-order valence-electron chi connectivity index (χ0n) is 17.1. The summed E-state index contributed by atoms with van der Waals surface area (Å²) in [7, 11) is -1.98. The Kier molecular flexibility index (Phi) is 9.90. The summed E-state index contributed by atoms with van der Waals surface area (Å²) in [6.07, 6.45) is 5.85. The number of nitrogens with zero attached hydrogens (tertiary/aromatic N) is 1. The van der Waals surface area contributed by atoms with Gasteiger partial charge in [-0.2, -0.15) is 4.31 Å². The molecule has 8 heteroatoms. The fourth-order valence-corrected chi connectivity index (χ4v) is 5.12. The summed E-state index contributed by atoms with van der Waals surface area (Å²) in [5, 5.41) is 2.91. The maximum Gasteiger partial charge on any atom is 0.251 e. The first-order valence-electron chi connectivity index (χ1n) is 9.84. The van der Waals surface area contributed by atoms with E-state index in [1.165, 1.54) is 16.8 Å². The number of amides is 1. The van der Waals surface area contributed by atoms with E-state index < -0.39 is 10.0 Å². The van der Waals surface area contributed by atoms with E-state index in [4.69, 9.17) is 5.73 Å². The molecule has 1 aromatic carbocycles. The van der Waals surface area contributed by atoms with Crippen LogP contribution in [-0.2, 0) is 10.0 Å². The molecular weight excluding hydrogens is 398 g/mol. The number of hydrogen-bond acceptors (Lipinski definition) is 4. The minimum absolute atomic E-state index is 0. The van der Waals surface area contributed by atoms with Crippen molar-refractivity contribution in [1.82, 2.24) is 9.62 Å². The van der Waals surface area contributed by atoms with Crippen LogP contribution in [0.1, 0.15) is 62.7 Å². The lowest BCUT2D eigenvalue weighted by Gasteiger charge is -2.30. The number of nitrogens with one attached hydrogen (secondary N) is 1. The Morgan fingerprint density at radius 1 is 1.25 bits per heavy atom. The highest BCUT2D eigenvalue weighted by molar-refractivity contribution is 7.89. The van der Waals surface area contributed by atoms with Gasteiger partial charge in [0.2, 0.25) is 10.0 Å². The van der Waals surface area contributed by atoms with Crippen LogP contribution in [0.5, 0.6) is 0 Å². The van der Waals surface area contributed by atoms with E-state index in [0.29, 0.717) is 18.0 Å². The molecule has 0 aromatic heterocycles. The molecule has 1 saturated carbocycles. The highest BCUT2D eigenvalue weighted by Crippen LogP contribution is 2.26. The van der Waals surface area contributed by atoms with Gasteiger partial charge >= 0.3 is 0 Å². The second-order valence-corrected chi connectivity index (χ2v) is 9.87. The number of hydrogen-bond donors (Lipinski definition) is 2. The van der Waals surface area contributed by atoms with Crippen molar-refractivity contribution in [3.63, 3.8) is 0 Å². The number of rotatable bonds is 8. The van der Waals surface area contributed by atoms with Crippen molar-refractivity contribution < 1.29 is 13.2 Å². The average molecular weight is 432 g/mol. The minimum atomic E-state index is -3.62. The molecule has 1 aromatic rings. The number of halogens is 1. The first-order valence-corrected chi connectivity index (χ1v) is 11.3. The largest absolute Gasteiger partial charge is 0.348 e. The van der Waals surface area contributed by atoms with E-state index in [-0.39, 0.29) is 35.3 Å². The van der Waals surface area contributed by atoms with Gasteiger partial charge in [-0.15, -0.1) is 12.4 Å². The molecular formula is C20H34ClN3O3S. The third kappa shape index (κ3) is 6.44. The van der Waals surface area contributed by atoms with Gasteiger partial charge in [-0.05, 0) is 43.4 Å². The van der Waals surface area contributed by atoms with Gasteiger partial charge in [-0.1, -0.05) is 39.2 Å². The highest BCUT2D eigenvalue weighted by atomic mass is 35.5. The number of carbonyl (C=O) groups excluding carboxylic acids is 1. The van der Waals surface area contributed by atoms with Crippen LogP contribution in [0.15, 0.2) is 29.2 Å². The van der Waals surface area contributed by atoms with Crippen molar-refractivity contribution in [2.45, 2.75) is 69.4 Å². The topological polar surface area (TPSA) is 92.5 Å². The molecule has 160 valence electrons. The molecule has 0 heterocycles. The molecule has 6 nitrogen and oxygen atoms in total. The van der Waals surface area contributed by atoms with Crippen LogP contribution >= 0.6 is 12.4 Å². The van der Waals surface area contributed by atoms with Crippen molar-refractivity contribution in [3.05, 3.63) is 29.8 Å². The van der Waals surface area contributed by atoms with Crippen LogP contribution < -0.4 is 11.1 Å². The van der Waals surface area contributed by atoms with Gasteiger partial charge in [0.1, 0.15) is 0 Å². The van der Waals surface area contributed by atoms with Gasteiger partial charge in [0.15, 0.2) is 0 Å². The van der Waals surface area contributed by atoms with Gasteiger partial charge in [0.25, 0.3) is 5.91 Å². The summed E-state index contributed by atoms with van der Waals surface area (Å²) < 4.78 is 27.5. The molecule has 0 saturated heterocycles. The summed E-state index contributed by atoms with van der Waals surface area (Å²) in [5.41, 5.74) is 6.09. The van der Waals surface area contributed by atoms with Crippen molar-refractivity contribution >= 4 is 28.3 Å². The minimum Gasteiger partial charge on any atom is -0.348 e. The fraction of sp³-hybridized carbons (Fsp3) is 0.650. The van der Waals surface area contributed by atoms with E-state index >= 15 is 0 Å². The second-order valence-electron chi connectivity index (χ2n) is 7.88. The summed E-state index contributed by atoms with van der Waals surface area (Å²) >= 11 is 0. The second kappa shape index (κ2) is 11.1. The predicted molar refractivity (Wildman–Crippen MR) is 115 cm³/mol. The van der Waals surface area contributed by atoms with Gasteiger partial charge in [-0.3, -0.25) is 4.79 Å². The Balaban J connectivity index is 0.00000392. The standard InChI is InChI=1S/C20H33N3O3S.ClH/c1-15(2)12-17(14-21)22-20(24)16-8-7-11-19(13-16)27(25,26)23(3)18-9-5-4-6-10-18;/h7-8,11,13,15,17-18H,4-6,9-10,12,14,21H2,1-3H3,(H,22,24);1H. The maximum atomic E-state index is 13.0. The third-order valence-electron chi connectivity index (χ3n) is 5.24. The van der Waals surface area contributed by atoms with E-state index in [1.807, 2.05) is 0 Å². The highest BCUT2D eigenvalue weighted by Gasteiger charge is 2.29. The summed E-state index contributed by atoms with van der Waals surface area (Å²) in [6, 6.07) is 6.19. The Labute approximate surface area is 175 Å². The first-order chi connectivity index (χ1) is 12.8. The van der Waals surface area contributed by atoms with E-state index in [1.54, 1.807) is 25.2 Å². The Bertz CT molecular complexity index is 734. The lowest BCUT2D eigenvalue weighted by Crippen LogP contribution is -2.41. The molecule has 0 radical (unpaired) electrons. The van der Waals surface area contributed by atoms with Crippen molar-refractivity contribution in [1.29, 1.82) is 0 Å². The molecule has 2 rings (SSSR count). The molecule has 1 aliphatic rings. The van der Waals surface area contributed by atoms with Crippen LogP contribution in [0.2, 0.25) is 0 Å². The van der Waals surface area contributed by atoms with Crippen molar-refractivity contribution in [2.75, 3.05) is 13.6 Å².